The van der Waals surface area contributed by atoms with Crippen molar-refractivity contribution in [2.75, 3.05) is 33.2 Å². The Hall–Kier alpha value is -3.28. The van der Waals surface area contributed by atoms with Crippen LogP contribution in [-0.2, 0) is 23.1 Å². The van der Waals surface area contributed by atoms with Gasteiger partial charge in [0.25, 0.3) is 5.56 Å². The van der Waals surface area contributed by atoms with Crippen LogP contribution in [0.2, 0.25) is 0 Å². The Bertz CT molecular complexity index is 1320. The second kappa shape index (κ2) is 9.69. The Morgan fingerprint density at radius 3 is 2.61 bits per heavy atom. The van der Waals surface area contributed by atoms with Gasteiger partial charge in [-0.1, -0.05) is 24.3 Å². The third-order valence-electron chi connectivity index (χ3n) is 5.62. The zero-order chi connectivity index (χ0) is 23.4. The molecule has 33 heavy (non-hydrogen) atoms. The molecule has 0 unspecified atom stereocenters. The third-order valence-corrected chi connectivity index (χ3v) is 7.03. The Morgan fingerprint density at radius 2 is 1.85 bits per heavy atom. The van der Waals surface area contributed by atoms with Gasteiger partial charge in [0.2, 0.25) is 10.0 Å². The number of amides is 2. The average molecular weight is 471 g/mol. The van der Waals surface area contributed by atoms with E-state index in [0.717, 1.165) is 0 Å². The molecular weight excluding hydrogens is 444 g/mol. The van der Waals surface area contributed by atoms with Crippen LogP contribution in [-0.4, -0.2) is 67.4 Å². The first-order valence-corrected chi connectivity index (χ1v) is 12.1. The number of H-pyrrole nitrogens is 1. The maximum Gasteiger partial charge on any atom is 0.317 e. The van der Waals surface area contributed by atoms with Crippen LogP contribution in [0.15, 0.2) is 58.2 Å². The van der Waals surface area contributed by atoms with E-state index in [2.05, 4.69) is 24.9 Å². The number of nitrogens with one attached hydrogen (secondary N) is 3. The number of nitrogens with zero attached hydrogens (tertiary/aromatic N) is 3. The summed E-state index contributed by atoms with van der Waals surface area (Å²) in [5.74, 6) is 0.605. The van der Waals surface area contributed by atoms with E-state index in [1.165, 1.54) is 13.1 Å². The standard InChI is InChI=1S/C22H26N6O4S/c1-23-33(31,32)17-6-4-5-16(13-17)14-24-22(30)28-11-9-27(10-12-28)15-20-25-19-8-3-2-7-18(19)21(29)26-20/h2-8,13,23H,9-12,14-15H2,1H3,(H,24,30)(H,25,26,29). The summed E-state index contributed by atoms with van der Waals surface area (Å²) in [5, 5.41) is 3.42. The van der Waals surface area contributed by atoms with Crippen LogP contribution in [0.25, 0.3) is 10.9 Å². The van der Waals surface area contributed by atoms with Gasteiger partial charge >= 0.3 is 6.03 Å². The lowest BCUT2D eigenvalue weighted by Crippen LogP contribution is -2.51. The largest absolute Gasteiger partial charge is 0.334 e. The van der Waals surface area contributed by atoms with E-state index in [9.17, 15) is 18.0 Å². The molecule has 1 saturated heterocycles. The van der Waals surface area contributed by atoms with Gasteiger partial charge in [0.1, 0.15) is 5.82 Å². The first kappa shape index (κ1) is 22.9. The molecule has 1 aliphatic rings. The molecule has 1 aromatic heterocycles. The molecular formula is C22H26N6O4S. The highest BCUT2D eigenvalue weighted by atomic mass is 32.2. The molecule has 11 heteroatoms. The highest BCUT2D eigenvalue weighted by molar-refractivity contribution is 7.89. The smallest absolute Gasteiger partial charge is 0.317 e. The monoisotopic (exact) mass is 470 g/mol. The molecule has 0 aliphatic carbocycles. The van der Waals surface area contributed by atoms with Gasteiger partial charge in [-0.25, -0.2) is 22.9 Å². The van der Waals surface area contributed by atoms with Crippen LogP contribution in [0.3, 0.4) is 0 Å². The SMILES string of the molecule is CNS(=O)(=O)c1cccc(CNC(=O)N2CCN(Cc3nc4ccccc4c(=O)[nH]3)CC2)c1. The Labute approximate surface area is 191 Å². The number of para-hydroxylation sites is 1. The summed E-state index contributed by atoms with van der Waals surface area (Å²) in [6.45, 7) is 3.12. The first-order valence-electron chi connectivity index (χ1n) is 10.6. The summed E-state index contributed by atoms with van der Waals surface area (Å²) in [6.07, 6.45) is 0. The molecule has 0 bridgehead atoms. The minimum Gasteiger partial charge on any atom is -0.334 e. The summed E-state index contributed by atoms with van der Waals surface area (Å²) in [5.41, 5.74) is 1.21. The molecule has 3 N–H and O–H groups in total. The van der Waals surface area contributed by atoms with Gasteiger partial charge in [-0.05, 0) is 36.9 Å². The lowest BCUT2D eigenvalue weighted by Gasteiger charge is -2.34. The van der Waals surface area contributed by atoms with Crippen LogP contribution in [0.5, 0.6) is 0 Å². The number of benzene rings is 2. The fourth-order valence-corrected chi connectivity index (χ4v) is 4.56. The Morgan fingerprint density at radius 1 is 1.09 bits per heavy atom. The third kappa shape index (κ3) is 5.38. The molecule has 2 aromatic carbocycles. The van der Waals surface area contributed by atoms with Crippen LogP contribution >= 0.6 is 0 Å². The van der Waals surface area contributed by atoms with Gasteiger partial charge < -0.3 is 15.2 Å². The number of aromatic amines is 1. The maximum atomic E-state index is 12.6. The zero-order valence-corrected chi connectivity index (χ0v) is 19.1. The van der Waals surface area contributed by atoms with Crippen LogP contribution in [0.4, 0.5) is 4.79 Å². The Kier molecular flexibility index (Phi) is 6.72. The van der Waals surface area contributed by atoms with Crippen molar-refractivity contribution in [1.29, 1.82) is 0 Å². The predicted octanol–water partition coefficient (Wildman–Crippen LogP) is 0.859. The van der Waals surface area contributed by atoms with Crippen molar-refractivity contribution < 1.29 is 13.2 Å². The van der Waals surface area contributed by atoms with E-state index in [1.807, 2.05) is 18.2 Å². The summed E-state index contributed by atoms with van der Waals surface area (Å²) in [4.78, 5) is 36.2. The highest BCUT2D eigenvalue weighted by Crippen LogP contribution is 2.12. The quantitative estimate of drug-likeness (QED) is 0.490. The number of carbonyl (C=O) groups is 1. The fourth-order valence-electron chi connectivity index (χ4n) is 3.76. The van der Waals surface area contributed by atoms with Crippen molar-refractivity contribution >= 4 is 27.0 Å². The molecule has 1 aliphatic heterocycles. The van der Waals surface area contributed by atoms with Crippen molar-refractivity contribution in [2.45, 2.75) is 18.0 Å². The highest BCUT2D eigenvalue weighted by Gasteiger charge is 2.22. The number of carbonyl (C=O) groups excluding carboxylic acids is 1. The zero-order valence-electron chi connectivity index (χ0n) is 18.2. The molecule has 0 atom stereocenters. The number of rotatable bonds is 6. The number of fused-ring (bicyclic) bond motifs is 1. The lowest BCUT2D eigenvalue weighted by molar-refractivity contribution is 0.133. The normalized spacial score (nSPS) is 15.0. The molecule has 174 valence electrons. The topological polar surface area (TPSA) is 128 Å². The number of sulfonamides is 1. The van der Waals surface area contributed by atoms with Crippen LogP contribution in [0.1, 0.15) is 11.4 Å². The van der Waals surface area contributed by atoms with Crippen molar-refractivity contribution in [3.63, 3.8) is 0 Å². The number of urea groups is 1. The Balaban J connectivity index is 1.30. The molecule has 4 rings (SSSR count). The molecule has 10 nitrogen and oxygen atoms in total. The minimum atomic E-state index is -3.53. The van der Waals surface area contributed by atoms with Crippen molar-refractivity contribution in [2.24, 2.45) is 0 Å². The van der Waals surface area contributed by atoms with E-state index in [-0.39, 0.29) is 23.0 Å². The average Bonchev–Trinajstić information content (AvgIpc) is 2.83. The molecule has 2 heterocycles. The number of hydrogen-bond donors (Lipinski definition) is 3. The number of piperazine rings is 1. The summed E-state index contributed by atoms with van der Waals surface area (Å²) >= 11 is 0. The molecule has 3 aromatic rings. The minimum absolute atomic E-state index is 0.153. The van der Waals surface area contributed by atoms with Crippen molar-refractivity contribution in [3.8, 4) is 0 Å². The lowest BCUT2D eigenvalue weighted by atomic mass is 10.2. The number of aromatic nitrogens is 2. The van der Waals surface area contributed by atoms with E-state index in [1.54, 1.807) is 29.2 Å². The van der Waals surface area contributed by atoms with Crippen LogP contribution < -0.4 is 15.6 Å². The number of hydrogen-bond acceptors (Lipinski definition) is 6. The van der Waals surface area contributed by atoms with Crippen molar-refractivity contribution in [3.05, 3.63) is 70.3 Å². The van der Waals surface area contributed by atoms with Gasteiger partial charge in [-0.15, -0.1) is 0 Å². The van der Waals surface area contributed by atoms with Gasteiger partial charge in [0, 0.05) is 32.7 Å². The van der Waals surface area contributed by atoms with Crippen molar-refractivity contribution in [1.82, 2.24) is 29.8 Å². The summed E-state index contributed by atoms with van der Waals surface area (Å²) < 4.78 is 26.2. The van der Waals surface area contributed by atoms with E-state index >= 15 is 0 Å². The van der Waals surface area contributed by atoms with E-state index in [0.29, 0.717) is 55.0 Å². The molecule has 0 radical (unpaired) electrons. The molecule has 1 fully saturated rings. The second-order valence-electron chi connectivity index (χ2n) is 7.81. The van der Waals surface area contributed by atoms with Gasteiger partial charge in [-0.2, -0.15) is 0 Å². The van der Waals surface area contributed by atoms with Crippen LogP contribution in [0, 0.1) is 0 Å². The van der Waals surface area contributed by atoms with Gasteiger partial charge in [-0.3, -0.25) is 9.69 Å². The second-order valence-corrected chi connectivity index (χ2v) is 9.69. The fraction of sp³-hybridized carbons (Fsp3) is 0.318. The summed E-state index contributed by atoms with van der Waals surface area (Å²) in [6, 6.07) is 13.5. The first-order chi connectivity index (χ1) is 15.9. The predicted molar refractivity (Wildman–Crippen MR) is 124 cm³/mol. The molecule has 0 spiro atoms. The van der Waals surface area contributed by atoms with Gasteiger partial charge in [0.05, 0.1) is 22.3 Å². The maximum absolute atomic E-state index is 12.6. The van der Waals surface area contributed by atoms with E-state index < -0.39 is 10.0 Å². The molecule has 0 saturated carbocycles. The molecule has 2 amide bonds. The van der Waals surface area contributed by atoms with Gasteiger partial charge in [0.15, 0.2) is 0 Å². The van der Waals surface area contributed by atoms with E-state index in [4.69, 9.17) is 0 Å². The summed E-state index contributed by atoms with van der Waals surface area (Å²) in [7, 11) is -2.17.